The van der Waals surface area contributed by atoms with Gasteiger partial charge in [0, 0.05) is 11.8 Å². The van der Waals surface area contributed by atoms with Crippen molar-refractivity contribution in [3.05, 3.63) is 12.2 Å². The van der Waals surface area contributed by atoms with E-state index in [0.717, 1.165) is 5.57 Å². The number of carbonyl (C=O) groups is 3. The maximum Gasteiger partial charge on any atom is 0.314 e. The molecule has 4 aliphatic rings. The van der Waals surface area contributed by atoms with E-state index in [4.69, 9.17) is 23.1 Å². The van der Waals surface area contributed by atoms with Crippen LogP contribution in [0.3, 0.4) is 0 Å². The Morgan fingerprint density at radius 1 is 0.897 bits per heavy atom. The summed E-state index contributed by atoms with van der Waals surface area (Å²) in [7, 11) is 0.0962. The summed E-state index contributed by atoms with van der Waals surface area (Å²) in [5.41, 5.74) is -1.88. The van der Waals surface area contributed by atoms with E-state index in [1.165, 1.54) is 21.3 Å². The largest absolute Gasteiger partial charge is 0.469 e. The summed E-state index contributed by atoms with van der Waals surface area (Å²) in [6, 6.07) is 0. The minimum absolute atomic E-state index is 0.0911. The maximum absolute atomic E-state index is 14.2. The minimum atomic E-state index is -2.13. The number of rotatable bonds is 7. The van der Waals surface area contributed by atoms with E-state index in [2.05, 4.69) is 45.9 Å². The molecule has 1 spiro atoms. The molecular formula is C29H48O8Si2. The molecule has 9 atom stereocenters. The topological polar surface area (TPSA) is 97.4 Å². The van der Waals surface area contributed by atoms with E-state index in [-0.39, 0.29) is 23.9 Å². The third-order valence-electron chi connectivity index (χ3n) is 10.2. The Bertz CT molecular complexity index is 1050. The highest BCUT2D eigenvalue weighted by Gasteiger charge is 2.81. The Hall–Kier alpha value is -1.50. The molecule has 0 heterocycles. The van der Waals surface area contributed by atoms with Crippen molar-refractivity contribution in [2.45, 2.75) is 90.5 Å². The molecule has 0 saturated heterocycles. The van der Waals surface area contributed by atoms with Crippen LogP contribution in [0.25, 0.3) is 0 Å². The molecule has 220 valence electrons. The van der Waals surface area contributed by atoms with Crippen LogP contribution in [0.5, 0.6) is 0 Å². The lowest BCUT2D eigenvalue weighted by Gasteiger charge is -2.54. The molecule has 0 aromatic carbocycles. The second-order valence-corrected chi connectivity index (χ2v) is 23.4. The van der Waals surface area contributed by atoms with Gasteiger partial charge in [0.15, 0.2) is 16.6 Å². The molecule has 0 N–H and O–H groups in total. The van der Waals surface area contributed by atoms with E-state index in [1.807, 2.05) is 6.92 Å². The van der Waals surface area contributed by atoms with Crippen molar-refractivity contribution in [2.75, 3.05) is 21.3 Å². The van der Waals surface area contributed by atoms with Gasteiger partial charge in [0.05, 0.1) is 50.3 Å². The van der Waals surface area contributed by atoms with Gasteiger partial charge in [-0.05, 0) is 89.6 Å². The normalized spacial score (nSPS) is 41.4. The SMILES string of the molecule is C=C1C[C@]23CC1[C@H](O[Si](C)(C)C)C[C@H]2[C@]1(C(=O)OC)CC[C@H](O[Si](C)(C)C)[C@@](C)(C(=O)OC)C1[C@@H]3C(=O)OC. The lowest BCUT2D eigenvalue weighted by Crippen LogP contribution is -2.62. The van der Waals surface area contributed by atoms with Gasteiger partial charge in [-0.1, -0.05) is 12.2 Å². The standard InChI is InChI=1S/C29H48O8Si2/c1-17-15-28-16-18(17)19(36-38(6,7)8)14-20(28)29(26(32)35-5)13-12-21(37-39(9,10)11)27(2,25(31)34-4)23(29)22(28)24(30)33-3/h18-23H,1,12-16H2,2-11H3/t18?,19-,20-,21+,22-,23?,27-,28+,29-/m1/s1. The molecule has 2 bridgehead atoms. The highest BCUT2D eigenvalue weighted by molar-refractivity contribution is 6.70. The van der Waals surface area contributed by atoms with E-state index >= 15 is 0 Å². The van der Waals surface area contributed by atoms with Crippen LogP contribution in [0.15, 0.2) is 12.2 Å². The quantitative estimate of drug-likeness (QED) is 0.181. The Morgan fingerprint density at radius 3 is 2.00 bits per heavy atom. The Morgan fingerprint density at radius 2 is 1.49 bits per heavy atom. The minimum Gasteiger partial charge on any atom is -0.469 e. The Balaban J connectivity index is 2.01. The fourth-order valence-corrected chi connectivity index (χ4v) is 11.7. The average molecular weight is 581 g/mol. The molecule has 4 fully saturated rings. The second kappa shape index (κ2) is 9.81. The second-order valence-electron chi connectivity index (χ2n) is 14.5. The summed E-state index contributed by atoms with van der Waals surface area (Å²) in [4.78, 5) is 42.1. The van der Waals surface area contributed by atoms with E-state index in [1.54, 1.807) is 0 Å². The maximum atomic E-state index is 14.2. The molecule has 0 radical (unpaired) electrons. The van der Waals surface area contributed by atoms with Gasteiger partial charge in [-0.3, -0.25) is 14.4 Å². The zero-order valence-electron chi connectivity index (χ0n) is 25.5. The summed E-state index contributed by atoms with van der Waals surface area (Å²) in [5, 5.41) is 0. The van der Waals surface area contributed by atoms with Crippen LogP contribution in [0.2, 0.25) is 39.3 Å². The first-order valence-electron chi connectivity index (χ1n) is 14.2. The predicted molar refractivity (Wildman–Crippen MR) is 152 cm³/mol. The molecule has 4 rings (SSSR count). The molecule has 8 nitrogen and oxygen atoms in total. The lowest BCUT2D eigenvalue weighted by molar-refractivity contribution is -0.194. The van der Waals surface area contributed by atoms with Gasteiger partial charge in [0.25, 0.3) is 0 Å². The van der Waals surface area contributed by atoms with E-state index in [9.17, 15) is 14.4 Å². The van der Waals surface area contributed by atoms with Crippen molar-refractivity contribution in [1.29, 1.82) is 0 Å². The molecule has 10 heteroatoms. The fraction of sp³-hybridized carbons (Fsp3) is 0.828. The van der Waals surface area contributed by atoms with Gasteiger partial charge in [0.1, 0.15) is 0 Å². The first-order valence-corrected chi connectivity index (χ1v) is 21.0. The molecule has 0 aromatic rings. The van der Waals surface area contributed by atoms with Crippen molar-refractivity contribution >= 4 is 34.5 Å². The smallest absolute Gasteiger partial charge is 0.314 e. The third-order valence-corrected chi connectivity index (χ3v) is 12.2. The zero-order valence-corrected chi connectivity index (χ0v) is 27.5. The number of fused-ring (bicyclic) bond motifs is 3. The van der Waals surface area contributed by atoms with Crippen LogP contribution < -0.4 is 0 Å². The van der Waals surface area contributed by atoms with Gasteiger partial charge >= 0.3 is 17.9 Å². The van der Waals surface area contributed by atoms with Crippen LogP contribution in [0, 0.1) is 39.9 Å². The summed E-state index contributed by atoms with van der Waals surface area (Å²) < 4.78 is 30.0. The molecule has 0 amide bonds. The van der Waals surface area contributed by atoms with Crippen molar-refractivity contribution in [1.82, 2.24) is 0 Å². The van der Waals surface area contributed by atoms with E-state index < -0.39 is 62.8 Å². The highest BCUT2D eigenvalue weighted by atomic mass is 28.4. The molecule has 2 unspecified atom stereocenters. The van der Waals surface area contributed by atoms with Gasteiger partial charge in [0.2, 0.25) is 0 Å². The van der Waals surface area contributed by atoms with Gasteiger partial charge in [-0.15, -0.1) is 0 Å². The third kappa shape index (κ3) is 4.48. The summed E-state index contributed by atoms with van der Waals surface area (Å²) in [5.74, 6) is -2.79. The van der Waals surface area contributed by atoms with Crippen LogP contribution in [-0.4, -0.2) is 68.1 Å². The monoisotopic (exact) mass is 580 g/mol. The Labute approximate surface area is 235 Å². The lowest BCUT2D eigenvalue weighted by atomic mass is 9.51. The zero-order chi connectivity index (χ0) is 29.3. The molecule has 39 heavy (non-hydrogen) atoms. The highest BCUT2D eigenvalue weighted by Crippen LogP contribution is 2.78. The van der Waals surface area contributed by atoms with Crippen molar-refractivity contribution in [3.63, 3.8) is 0 Å². The molecular weight excluding hydrogens is 532 g/mol. The number of methoxy groups -OCH3 is 3. The van der Waals surface area contributed by atoms with Gasteiger partial charge in [-0.25, -0.2) is 0 Å². The van der Waals surface area contributed by atoms with Crippen molar-refractivity contribution < 1.29 is 37.4 Å². The van der Waals surface area contributed by atoms with Crippen LogP contribution >= 0.6 is 0 Å². The Kier molecular flexibility index (Phi) is 7.66. The molecule has 4 saturated carbocycles. The number of carbonyl (C=O) groups excluding carboxylic acids is 3. The van der Waals surface area contributed by atoms with Crippen LogP contribution in [0.1, 0.15) is 39.0 Å². The first kappa shape index (κ1) is 30.5. The number of hydrogen-bond donors (Lipinski definition) is 0. The average Bonchev–Trinajstić information content (AvgIpc) is 3.27. The van der Waals surface area contributed by atoms with Crippen molar-refractivity contribution in [2.24, 2.45) is 39.9 Å². The van der Waals surface area contributed by atoms with Crippen LogP contribution in [-0.2, 0) is 37.4 Å². The van der Waals surface area contributed by atoms with Gasteiger partial charge < -0.3 is 23.1 Å². The number of esters is 3. The molecule has 4 aliphatic carbocycles. The summed E-state index contributed by atoms with van der Waals surface area (Å²) in [6.07, 6.45) is 2.25. The first-order chi connectivity index (χ1) is 17.9. The summed E-state index contributed by atoms with van der Waals surface area (Å²) in [6.45, 7) is 19.1. The fourth-order valence-electron chi connectivity index (χ4n) is 9.30. The van der Waals surface area contributed by atoms with Gasteiger partial charge in [-0.2, -0.15) is 0 Å². The number of hydrogen-bond acceptors (Lipinski definition) is 8. The molecule has 0 aromatic heterocycles. The van der Waals surface area contributed by atoms with Crippen LogP contribution in [0.4, 0.5) is 0 Å². The molecule has 0 aliphatic heterocycles. The summed E-state index contributed by atoms with van der Waals surface area (Å²) >= 11 is 0. The van der Waals surface area contributed by atoms with E-state index in [0.29, 0.717) is 32.1 Å². The number of ether oxygens (including phenoxy) is 3. The predicted octanol–water partition coefficient (Wildman–Crippen LogP) is 4.95. The van der Waals surface area contributed by atoms with Crippen molar-refractivity contribution in [3.8, 4) is 0 Å².